The zero-order valence-corrected chi connectivity index (χ0v) is 14.5. The van der Waals surface area contributed by atoms with Crippen molar-refractivity contribution in [2.45, 2.75) is 20.5 Å². The van der Waals surface area contributed by atoms with Crippen molar-refractivity contribution in [1.29, 1.82) is 0 Å². The van der Waals surface area contributed by atoms with Crippen LogP contribution in [0.4, 0.5) is 0 Å². The highest BCUT2D eigenvalue weighted by Gasteiger charge is 2.23. The highest BCUT2D eigenvalue weighted by molar-refractivity contribution is 8.00. The predicted octanol–water partition coefficient (Wildman–Crippen LogP) is 5.23. The van der Waals surface area contributed by atoms with E-state index in [9.17, 15) is 5.11 Å². The van der Waals surface area contributed by atoms with Crippen LogP contribution >= 0.6 is 46.0 Å². The third-order valence-electron chi connectivity index (χ3n) is 3.52. The first kappa shape index (κ1) is 14.7. The Labute approximate surface area is 136 Å². The zero-order valence-electron chi connectivity index (χ0n) is 11.3. The Bertz CT molecular complexity index is 681. The van der Waals surface area contributed by atoms with Crippen LogP contribution < -0.4 is 0 Å². The van der Waals surface area contributed by atoms with Crippen LogP contribution in [0.1, 0.15) is 25.8 Å². The molecule has 1 aliphatic heterocycles. The minimum absolute atomic E-state index is 0.130. The molecule has 5 heteroatoms. The van der Waals surface area contributed by atoms with Crippen LogP contribution in [0.2, 0.25) is 4.34 Å². The maximum Gasteiger partial charge on any atom is 0.0937 e. The molecular formula is C15H15ClOS3. The van der Waals surface area contributed by atoms with Crippen molar-refractivity contribution in [2.24, 2.45) is 0 Å². The van der Waals surface area contributed by atoms with Gasteiger partial charge in [0.05, 0.1) is 10.9 Å². The van der Waals surface area contributed by atoms with Gasteiger partial charge >= 0.3 is 0 Å². The molecular weight excluding hydrogens is 328 g/mol. The summed E-state index contributed by atoms with van der Waals surface area (Å²) < 4.78 is 0.860. The van der Waals surface area contributed by atoms with Crippen molar-refractivity contribution in [2.75, 3.05) is 11.5 Å². The molecule has 2 aromatic rings. The summed E-state index contributed by atoms with van der Waals surface area (Å²) in [4.78, 5) is 3.63. The summed E-state index contributed by atoms with van der Waals surface area (Å²) in [5.41, 5.74) is 5.44. The zero-order chi connectivity index (χ0) is 14.3. The highest BCUT2D eigenvalue weighted by Crippen LogP contribution is 2.43. The van der Waals surface area contributed by atoms with E-state index in [1.54, 1.807) is 22.7 Å². The van der Waals surface area contributed by atoms with Gasteiger partial charge in [0, 0.05) is 26.1 Å². The van der Waals surface area contributed by atoms with Gasteiger partial charge in [-0.05, 0) is 48.3 Å². The minimum Gasteiger partial charge on any atom is -0.391 e. The van der Waals surface area contributed by atoms with Gasteiger partial charge < -0.3 is 5.11 Å². The van der Waals surface area contributed by atoms with Gasteiger partial charge in [-0.25, -0.2) is 0 Å². The molecule has 0 aromatic carbocycles. The lowest BCUT2D eigenvalue weighted by Crippen LogP contribution is -1.90. The van der Waals surface area contributed by atoms with E-state index in [1.165, 1.54) is 32.0 Å². The Morgan fingerprint density at radius 2 is 1.65 bits per heavy atom. The second kappa shape index (κ2) is 5.85. The number of halogens is 1. The molecule has 0 radical (unpaired) electrons. The van der Waals surface area contributed by atoms with Gasteiger partial charge in [-0.3, -0.25) is 0 Å². The summed E-state index contributed by atoms with van der Waals surface area (Å²) in [5, 5.41) is 9.32. The molecule has 1 nitrogen and oxygen atoms in total. The lowest BCUT2D eigenvalue weighted by atomic mass is 9.98. The molecule has 1 N–H and O–H groups in total. The fourth-order valence-electron chi connectivity index (χ4n) is 2.58. The fraction of sp³-hybridized carbons (Fsp3) is 0.333. The summed E-state index contributed by atoms with van der Waals surface area (Å²) in [6, 6.07) is 4.24. The summed E-state index contributed by atoms with van der Waals surface area (Å²) >= 11 is 11.4. The van der Waals surface area contributed by atoms with Crippen molar-refractivity contribution in [3.8, 4) is 0 Å². The Hall–Kier alpha value is -0.260. The largest absolute Gasteiger partial charge is 0.391 e. The van der Waals surface area contributed by atoms with E-state index in [2.05, 4.69) is 26.0 Å². The third-order valence-corrected chi connectivity index (χ3v) is 6.72. The van der Waals surface area contributed by atoms with Crippen molar-refractivity contribution >= 4 is 57.2 Å². The molecule has 0 saturated heterocycles. The molecule has 0 spiro atoms. The second-order valence-electron chi connectivity index (χ2n) is 4.81. The first-order chi connectivity index (χ1) is 9.60. The van der Waals surface area contributed by atoms with Crippen molar-refractivity contribution in [3.05, 3.63) is 42.2 Å². The molecule has 3 heterocycles. The van der Waals surface area contributed by atoms with E-state index in [1.807, 2.05) is 11.8 Å². The molecule has 0 saturated carbocycles. The number of thioether (sulfide) groups is 1. The third kappa shape index (κ3) is 2.60. The van der Waals surface area contributed by atoms with Gasteiger partial charge in [-0.2, -0.15) is 11.8 Å². The topological polar surface area (TPSA) is 20.2 Å². The SMILES string of the molecule is Cc1sc(Cl)cc1C1=C(c2cc(CO)sc2C)CSC1. The van der Waals surface area contributed by atoms with Gasteiger partial charge in [0.2, 0.25) is 0 Å². The van der Waals surface area contributed by atoms with Crippen LogP contribution in [0.15, 0.2) is 12.1 Å². The molecule has 0 aliphatic carbocycles. The van der Waals surface area contributed by atoms with E-state index in [0.717, 1.165) is 20.7 Å². The number of hydrogen-bond acceptors (Lipinski definition) is 4. The summed E-state index contributed by atoms with van der Waals surface area (Å²) in [6.07, 6.45) is 0. The van der Waals surface area contributed by atoms with Crippen LogP contribution in [-0.4, -0.2) is 16.6 Å². The smallest absolute Gasteiger partial charge is 0.0937 e. The number of rotatable bonds is 3. The molecule has 3 rings (SSSR count). The predicted molar refractivity (Wildman–Crippen MR) is 93.2 cm³/mol. The number of aliphatic hydroxyl groups excluding tert-OH is 1. The first-order valence-electron chi connectivity index (χ1n) is 6.36. The Kier molecular flexibility index (Phi) is 4.29. The van der Waals surface area contributed by atoms with Crippen LogP contribution in [0, 0.1) is 13.8 Å². The average molecular weight is 343 g/mol. The lowest BCUT2D eigenvalue weighted by Gasteiger charge is -2.06. The van der Waals surface area contributed by atoms with Crippen LogP contribution in [0.3, 0.4) is 0 Å². The van der Waals surface area contributed by atoms with Crippen molar-refractivity contribution in [3.63, 3.8) is 0 Å². The first-order valence-corrected chi connectivity index (χ1v) is 9.53. The van der Waals surface area contributed by atoms with Crippen LogP contribution in [0.5, 0.6) is 0 Å². The van der Waals surface area contributed by atoms with E-state index in [4.69, 9.17) is 11.6 Å². The lowest BCUT2D eigenvalue weighted by molar-refractivity contribution is 0.285. The highest BCUT2D eigenvalue weighted by atomic mass is 35.5. The van der Waals surface area contributed by atoms with Gasteiger partial charge in [0.15, 0.2) is 0 Å². The van der Waals surface area contributed by atoms with E-state index in [-0.39, 0.29) is 6.61 Å². The molecule has 0 unspecified atom stereocenters. The number of hydrogen-bond donors (Lipinski definition) is 1. The van der Waals surface area contributed by atoms with Gasteiger partial charge in [-0.1, -0.05) is 11.6 Å². The number of aliphatic hydroxyl groups is 1. The second-order valence-corrected chi connectivity index (χ2v) is 9.03. The molecule has 0 atom stereocenters. The van der Waals surface area contributed by atoms with Crippen molar-refractivity contribution in [1.82, 2.24) is 0 Å². The summed E-state index contributed by atoms with van der Waals surface area (Å²) in [7, 11) is 0. The summed E-state index contributed by atoms with van der Waals surface area (Å²) in [6.45, 7) is 4.41. The van der Waals surface area contributed by atoms with Gasteiger partial charge in [-0.15, -0.1) is 22.7 Å². The molecule has 20 heavy (non-hydrogen) atoms. The number of aryl methyl sites for hydroxylation is 2. The van der Waals surface area contributed by atoms with Crippen molar-refractivity contribution < 1.29 is 5.11 Å². The van der Waals surface area contributed by atoms with Gasteiger partial charge in [0.1, 0.15) is 0 Å². The molecule has 0 amide bonds. The van der Waals surface area contributed by atoms with Gasteiger partial charge in [0.25, 0.3) is 0 Å². The normalized spacial score (nSPS) is 15.4. The maximum atomic E-state index is 9.32. The summed E-state index contributed by atoms with van der Waals surface area (Å²) in [5.74, 6) is 2.09. The molecule has 0 fully saturated rings. The number of thiophene rings is 2. The Balaban J connectivity index is 2.12. The Morgan fingerprint density at radius 3 is 2.15 bits per heavy atom. The maximum absolute atomic E-state index is 9.32. The molecule has 0 bridgehead atoms. The van der Waals surface area contributed by atoms with E-state index >= 15 is 0 Å². The molecule has 2 aromatic heterocycles. The Morgan fingerprint density at radius 1 is 1.05 bits per heavy atom. The van der Waals surface area contributed by atoms with Crippen LogP contribution in [-0.2, 0) is 6.61 Å². The quantitative estimate of drug-likeness (QED) is 0.824. The average Bonchev–Trinajstić information content (AvgIpc) is 3.07. The van der Waals surface area contributed by atoms with Crippen LogP contribution in [0.25, 0.3) is 11.1 Å². The monoisotopic (exact) mass is 342 g/mol. The minimum atomic E-state index is 0.130. The molecule has 1 aliphatic rings. The fourth-order valence-corrected chi connectivity index (χ4v) is 5.89. The molecule has 106 valence electrons. The van der Waals surface area contributed by atoms with E-state index < -0.39 is 0 Å². The standard InChI is InChI=1S/C15H15ClOS3/c1-8-11(3-10(5-17)19-8)13-6-18-7-14(13)12-4-15(16)20-9(12)2/h3-4,17H,5-7H2,1-2H3. The van der Waals surface area contributed by atoms with E-state index in [0.29, 0.717) is 0 Å².